The number of aromatic nitrogens is 2. The van der Waals surface area contributed by atoms with Gasteiger partial charge in [-0.3, -0.25) is 9.48 Å². The number of carboxylic acid groups (broad SMARTS) is 1. The molecule has 7 heteroatoms. The summed E-state index contributed by atoms with van der Waals surface area (Å²) in [6, 6.07) is 2.15. The van der Waals surface area contributed by atoms with Crippen molar-refractivity contribution in [2.75, 3.05) is 0 Å². The Labute approximate surface area is 131 Å². The number of amides is 1. The van der Waals surface area contributed by atoms with E-state index in [0.29, 0.717) is 6.54 Å². The van der Waals surface area contributed by atoms with Gasteiger partial charge in [0.25, 0.3) is 5.91 Å². The highest BCUT2D eigenvalue weighted by Crippen LogP contribution is 2.29. The molecule has 6 nitrogen and oxygen atoms in total. The Bertz CT molecular complexity index is 709. The van der Waals surface area contributed by atoms with Crippen LogP contribution < -0.4 is 5.32 Å². The van der Waals surface area contributed by atoms with Crippen LogP contribution in [0.1, 0.15) is 49.0 Å². The number of nitrogens with one attached hydrogen (secondary N) is 1. The minimum atomic E-state index is -1.15. The highest BCUT2D eigenvalue weighted by Gasteiger charge is 2.21. The van der Waals surface area contributed by atoms with Crippen LogP contribution in [0.4, 0.5) is 0 Å². The second-order valence-corrected chi connectivity index (χ2v) is 6.61. The summed E-state index contributed by atoms with van der Waals surface area (Å²) in [6.45, 7) is 0.417. The van der Waals surface area contributed by atoms with Gasteiger partial charge < -0.3 is 10.4 Å². The third kappa shape index (κ3) is 2.76. The molecule has 0 unspecified atom stereocenters. The van der Waals surface area contributed by atoms with Crippen LogP contribution in [-0.4, -0.2) is 26.8 Å². The van der Waals surface area contributed by atoms with Gasteiger partial charge in [-0.05, 0) is 37.3 Å². The third-order valence-electron chi connectivity index (χ3n) is 3.86. The first kappa shape index (κ1) is 14.8. The van der Waals surface area contributed by atoms with E-state index in [1.807, 2.05) is 0 Å². The van der Waals surface area contributed by atoms with Crippen molar-refractivity contribution in [3.8, 4) is 0 Å². The van der Waals surface area contributed by atoms with Gasteiger partial charge in [0.1, 0.15) is 11.3 Å². The van der Waals surface area contributed by atoms with Crippen LogP contribution in [0.5, 0.6) is 0 Å². The van der Waals surface area contributed by atoms with E-state index in [-0.39, 0.29) is 11.3 Å². The molecule has 0 aromatic carbocycles. The Morgan fingerprint density at radius 2 is 2.18 bits per heavy atom. The van der Waals surface area contributed by atoms with Gasteiger partial charge in [-0.1, -0.05) is 0 Å². The third-order valence-corrected chi connectivity index (χ3v) is 5.09. The number of rotatable bonds is 4. The van der Waals surface area contributed by atoms with E-state index < -0.39 is 11.9 Å². The number of carbonyl (C=O) groups is 2. The summed E-state index contributed by atoms with van der Waals surface area (Å²) in [5, 5.41) is 15.7. The lowest BCUT2D eigenvalue weighted by Crippen LogP contribution is -2.26. The van der Waals surface area contributed by atoms with Crippen molar-refractivity contribution in [2.24, 2.45) is 7.05 Å². The molecule has 1 amide bonds. The first-order valence-corrected chi connectivity index (χ1v) is 8.02. The van der Waals surface area contributed by atoms with Crippen molar-refractivity contribution < 1.29 is 14.7 Å². The molecule has 0 spiro atoms. The standard InChI is InChI=1S/C15H17N3O3S/c1-18-13(11(8-17-18)15(20)21)14(19)16-7-10-6-9-4-2-3-5-12(9)22-10/h6,8H,2-5,7H2,1H3,(H,16,19)(H,20,21). The normalized spacial score (nSPS) is 13.7. The van der Waals surface area contributed by atoms with Crippen LogP contribution in [0.3, 0.4) is 0 Å². The summed E-state index contributed by atoms with van der Waals surface area (Å²) in [7, 11) is 1.56. The molecule has 0 saturated heterocycles. The van der Waals surface area contributed by atoms with E-state index in [4.69, 9.17) is 5.11 Å². The Kier molecular flexibility index (Phi) is 3.98. The van der Waals surface area contributed by atoms with Crippen molar-refractivity contribution in [1.82, 2.24) is 15.1 Å². The number of hydrogen-bond donors (Lipinski definition) is 2. The monoisotopic (exact) mass is 319 g/mol. The van der Waals surface area contributed by atoms with Gasteiger partial charge in [0.05, 0.1) is 12.7 Å². The Balaban J connectivity index is 1.71. The van der Waals surface area contributed by atoms with E-state index in [1.54, 1.807) is 18.4 Å². The second kappa shape index (κ2) is 5.92. The molecule has 0 atom stereocenters. The molecule has 3 rings (SSSR count). The Morgan fingerprint density at radius 1 is 1.41 bits per heavy atom. The number of thiophene rings is 1. The maximum atomic E-state index is 12.2. The zero-order valence-electron chi connectivity index (χ0n) is 12.3. The van der Waals surface area contributed by atoms with Crippen LogP contribution in [-0.2, 0) is 26.4 Å². The number of carbonyl (C=O) groups excluding carboxylic acids is 1. The first-order valence-electron chi connectivity index (χ1n) is 7.20. The van der Waals surface area contributed by atoms with Gasteiger partial charge in [0, 0.05) is 16.8 Å². The zero-order valence-corrected chi connectivity index (χ0v) is 13.1. The summed E-state index contributed by atoms with van der Waals surface area (Å²) < 4.78 is 1.29. The lowest BCUT2D eigenvalue weighted by Gasteiger charge is -2.08. The maximum Gasteiger partial charge on any atom is 0.339 e. The highest BCUT2D eigenvalue weighted by atomic mass is 32.1. The van der Waals surface area contributed by atoms with E-state index in [1.165, 1.54) is 34.2 Å². The number of carboxylic acids is 1. The first-order chi connectivity index (χ1) is 10.6. The van der Waals surface area contributed by atoms with Gasteiger partial charge in [-0.25, -0.2) is 4.79 Å². The maximum absolute atomic E-state index is 12.2. The summed E-state index contributed by atoms with van der Waals surface area (Å²) in [6.07, 6.45) is 5.90. The number of hydrogen-bond acceptors (Lipinski definition) is 4. The molecule has 2 heterocycles. The number of aromatic carboxylic acids is 1. The molecule has 116 valence electrons. The molecule has 0 bridgehead atoms. The van der Waals surface area contributed by atoms with Crippen molar-refractivity contribution in [2.45, 2.75) is 32.2 Å². The Morgan fingerprint density at radius 3 is 2.91 bits per heavy atom. The average Bonchev–Trinajstić information content (AvgIpc) is 3.07. The second-order valence-electron chi connectivity index (χ2n) is 5.39. The molecule has 0 saturated carbocycles. The molecule has 0 radical (unpaired) electrons. The van der Waals surface area contributed by atoms with Gasteiger partial charge in [-0.15, -0.1) is 11.3 Å². The fourth-order valence-corrected chi connectivity index (χ4v) is 3.95. The van der Waals surface area contributed by atoms with Crippen LogP contribution in [0.15, 0.2) is 12.3 Å². The minimum Gasteiger partial charge on any atom is -0.478 e. The van der Waals surface area contributed by atoms with E-state index in [0.717, 1.165) is 17.7 Å². The number of fused-ring (bicyclic) bond motifs is 1. The van der Waals surface area contributed by atoms with Crippen molar-refractivity contribution >= 4 is 23.2 Å². The molecule has 22 heavy (non-hydrogen) atoms. The van der Waals surface area contributed by atoms with Crippen molar-refractivity contribution in [3.05, 3.63) is 38.8 Å². The minimum absolute atomic E-state index is 0.0776. The molecule has 1 aliphatic rings. The molecule has 2 aromatic heterocycles. The summed E-state index contributed by atoms with van der Waals surface area (Å²) in [5.74, 6) is -1.56. The predicted octanol–water partition coefficient (Wildman–Crippen LogP) is 1.99. The highest BCUT2D eigenvalue weighted by molar-refractivity contribution is 7.12. The van der Waals surface area contributed by atoms with Crippen molar-refractivity contribution in [1.29, 1.82) is 0 Å². The van der Waals surface area contributed by atoms with Crippen LogP contribution in [0.25, 0.3) is 0 Å². The predicted molar refractivity (Wildman–Crippen MR) is 82.3 cm³/mol. The van der Waals surface area contributed by atoms with Gasteiger partial charge in [0.2, 0.25) is 0 Å². The molecular weight excluding hydrogens is 302 g/mol. The van der Waals surface area contributed by atoms with E-state index >= 15 is 0 Å². The van der Waals surface area contributed by atoms with Crippen LogP contribution in [0.2, 0.25) is 0 Å². The van der Waals surface area contributed by atoms with Gasteiger partial charge in [-0.2, -0.15) is 5.10 Å². The van der Waals surface area contributed by atoms with Crippen molar-refractivity contribution in [3.63, 3.8) is 0 Å². The van der Waals surface area contributed by atoms with Gasteiger partial charge in [0.15, 0.2) is 0 Å². The van der Waals surface area contributed by atoms with E-state index in [2.05, 4.69) is 16.5 Å². The quantitative estimate of drug-likeness (QED) is 0.902. The smallest absolute Gasteiger partial charge is 0.339 e. The molecule has 1 aliphatic carbocycles. The summed E-state index contributed by atoms with van der Waals surface area (Å²) >= 11 is 1.74. The number of nitrogens with zero attached hydrogens (tertiary/aromatic N) is 2. The molecule has 0 aliphatic heterocycles. The lowest BCUT2D eigenvalue weighted by atomic mass is 9.99. The SMILES string of the molecule is Cn1ncc(C(=O)O)c1C(=O)NCc1cc2c(s1)CCCC2. The topological polar surface area (TPSA) is 84.2 Å². The molecule has 2 aromatic rings. The van der Waals surface area contributed by atoms with Crippen LogP contribution >= 0.6 is 11.3 Å². The van der Waals surface area contributed by atoms with Crippen LogP contribution in [0, 0.1) is 0 Å². The molecular formula is C15H17N3O3S. The largest absolute Gasteiger partial charge is 0.478 e. The molecule has 0 fully saturated rings. The zero-order chi connectivity index (χ0) is 15.7. The lowest BCUT2D eigenvalue weighted by molar-refractivity contribution is 0.0690. The fourth-order valence-electron chi connectivity index (χ4n) is 2.75. The van der Waals surface area contributed by atoms with Gasteiger partial charge >= 0.3 is 5.97 Å². The Hall–Kier alpha value is -2.15. The van der Waals surface area contributed by atoms with E-state index in [9.17, 15) is 9.59 Å². The summed E-state index contributed by atoms with van der Waals surface area (Å²) in [4.78, 5) is 25.9. The fraction of sp³-hybridized carbons (Fsp3) is 0.400. The number of aryl methyl sites for hydroxylation is 3. The average molecular weight is 319 g/mol. The molecule has 2 N–H and O–H groups in total. The summed E-state index contributed by atoms with van der Waals surface area (Å²) in [5.41, 5.74) is 1.39.